The van der Waals surface area contributed by atoms with Gasteiger partial charge in [-0.1, -0.05) is 37.3 Å². The molecule has 4 rings (SSSR count). The predicted octanol–water partition coefficient (Wildman–Crippen LogP) is 2.88. The van der Waals surface area contributed by atoms with E-state index in [1.165, 1.54) is 6.07 Å². The maximum Gasteiger partial charge on any atom is 0.336 e. The molecule has 0 saturated heterocycles. The van der Waals surface area contributed by atoms with Crippen molar-refractivity contribution in [2.24, 2.45) is 0 Å². The number of aromatic amines is 1. The Bertz CT molecular complexity index is 1340. The minimum atomic E-state index is -0.513. The third-order valence-corrected chi connectivity index (χ3v) is 4.78. The summed E-state index contributed by atoms with van der Waals surface area (Å²) in [5.74, 6) is -0.513. The summed E-state index contributed by atoms with van der Waals surface area (Å²) in [4.78, 5) is 36.1. The third kappa shape index (κ3) is 3.80. The summed E-state index contributed by atoms with van der Waals surface area (Å²) >= 11 is 0. The number of carbonyl (C=O) groups excluding carboxylic acids is 1. The minimum absolute atomic E-state index is 0.0618. The van der Waals surface area contributed by atoms with Gasteiger partial charge in [0.15, 0.2) is 0 Å². The van der Waals surface area contributed by atoms with Crippen LogP contribution >= 0.6 is 0 Å². The first-order chi connectivity index (χ1) is 14.0. The lowest BCUT2D eigenvalue weighted by molar-refractivity contribution is -0.144. The van der Waals surface area contributed by atoms with Crippen molar-refractivity contribution in [3.05, 3.63) is 86.1 Å². The second-order valence-corrected chi connectivity index (χ2v) is 6.66. The van der Waals surface area contributed by atoms with Gasteiger partial charge in [0.1, 0.15) is 12.2 Å². The van der Waals surface area contributed by atoms with Crippen LogP contribution in [0.1, 0.15) is 23.7 Å². The molecule has 2 heterocycles. The second kappa shape index (κ2) is 7.71. The number of aromatic nitrogens is 2. The zero-order chi connectivity index (χ0) is 20.4. The summed E-state index contributed by atoms with van der Waals surface area (Å²) in [5.41, 5.74) is 1.71. The number of carbonyl (C=O) groups is 1. The van der Waals surface area contributed by atoms with E-state index in [1.807, 2.05) is 25.1 Å². The Balaban J connectivity index is 1.56. The van der Waals surface area contributed by atoms with Crippen LogP contribution in [0, 0.1) is 0 Å². The number of hydrogen-bond donors (Lipinski definition) is 1. The van der Waals surface area contributed by atoms with Crippen LogP contribution in [0.5, 0.6) is 0 Å². The van der Waals surface area contributed by atoms with E-state index in [2.05, 4.69) is 10.2 Å². The lowest BCUT2D eigenvalue weighted by atomic mass is 10.1. The molecule has 0 atom stereocenters. The number of esters is 1. The van der Waals surface area contributed by atoms with Crippen LogP contribution in [-0.4, -0.2) is 16.2 Å². The molecule has 0 spiro atoms. The van der Waals surface area contributed by atoms with Gasteiger partial charge in [0.05, 0.1) is 17.5 Å². The van der Waals surface area contributed by atoms with Gasteiger partial charge in [-0.25, -0.2) is 9.89 Å². The fourth-order valence-corrected chi connectivity index (χ4v) is 3.27. The first kappa shape index (κ1) is 18.6. The molecule has 0 aliphatic heterocycles. The first-order valence-corrected chi connectivity index (χ1v) is 9.22. The van der Waals surface area contributed by atoms with Crippen molar-refractivity contribution >= 4 is 27.7 Å². The van der Waals surface area contributed by atoms with E-state index in [1.54, 1.807) is 24.3 Å². The van der Waals surface area contributed by atoms with Crippen LogP contribution in [-0.2, 0) is 29.0 Å². The van der Waals surface area contributed by atoms with Crippen LogP contribution in [0.15, 0.2) is 62.5 Å². The Morgan fingerprint density at radius 1 is 1.07 bits per heavy atom. The molecule has 146 valence electrons. The van der Waals surface area contributed by atoms with E-state index in [9.17, 15) is 14.4 Å². The Morgan fingerprint density at radius 3 is 2.66 bits per heavy atom. The van der Waals surface area contributed by atoms with Gasteiger partial charge in [-0.3, -0.25) is 9.59 Å². The summed E-state index contributed by atoms with van der Waals surface area (Å²) in [5, 5.41) is 8.17. The number of ether oxygens (including phenoxy) is 1. The average Bonchev–Trinajstić information content (AvgIpc) is 2.73. The normalized spacial score (nSPS) is 11.1. The molecule has 0 amide bonds. The van der Waals surface area contributed by atoms with Crippen molar-refractivity contribution < 1.29 is 13.9 Å². The molecular weight excluding hydrogens is 372 g/mol. The fourth-order valence-electron chi connectivity index (χ4n) is 3.27. The monoisotopic (exact) mass is 390 g/mol. The number of hydrogen-bond acceptors (Lipinski definition) is 6. The Kier molecular flexibility index (Phi) is 4.95. The van der Waals surface area contributed by atoms with Gasteiger partial charge in [0.25, 0.3) is 5.56 Å². The van der Waals surface area contributed by atoms with E-state index < -0.39 is 11.6 Å². The van der Waals surface area contributed by atoms with Gasteiger partial charge in [-0.05, 0) is 24.1 Å². The molecule has 0 radical (unpaired) electrons. The Labute approximate surface area is 164 Å². The van der Waals surface area contributed by atoms with Crippen molar-refractivity contribution in [3.63, 3.8) is 0 Å². The Morgan fingerprint density at radius 2 is 1.86 bits per heavy atom. The molecule has 0 saturated carbocycles. The number of nitrogens with one attached hydrogen (secondary N) is 1. The molecule has 0 aliphatic carbocycles. The maximum absolute atomic E-state index is 12.4. The molecule has 2 aromatic heterocycles. The van der Waals surface area contributed by atoms with E-state index in [0.717, 1.165) is 17.4 Å². The van der Waals surface area contributed by atoms with E-state index >= 15 is 0 Å². The van der Waals surface area contributed by atoms with Crippen molar-refractivity contribution in [1.82, 2.24) is 10.2 Å². The second-order valence-electron chi connectivity index (χ2n) is 6.66. The van der Waals surface area contributed by atoms with Crippen molar-refractivity contribution in [1.29, 1.82) is 0 Å². The van der Waals surface area contributed by atoms with Crippen molar-refractivity contribution in [3.8, 4) is 0 Å². The summed E-state index contributed by atoms with van der Waals surface area (Å²) in [6, 6.07) is 13.9. The van der Waals surface area contributed by atoms with Gasteiger partial charge < -0.3 is 9.15 Å². The SMILES string of the molecule is CCc1ccc2c(COC(=O)Cc3n[nH]c(=O)c4ccccc34)cc(=O)oc2c1. The summed E-state index contributed by atoms with van der Waals surface area (Å²) in [7, 11) is 0. The number of H-pyrrole nitrogens is 1. The minimum Gasteiger partial charge on any atom is -0.460 e. The molecule has 0 unspecified atom stereocenters. The molecule has 0 aliphatic rings. The molecule has 4 aromatic rings. The lowest BCUT2D eigenvalue weighted by Gasteiger charge is -2.09. The van der Waals surface area contributed by atoms with E-state index in [0.29, 0.717) is 27.6 Å². The lowest BCUT2D eigenvalue weighted by Crippen LogP contribution is -2.15. The number of benzene rings is 2. The third-order valence-electron chi connectivity index (χ3n) is 4.78. The number of aryl methyl sites for hydroxylation is 1. The quantitative estimate of drug-likeness (QED) is 0.415. The molecule has 29 heavy (non-hydrogen) atoms. The summed E-state index contributed by atoms with van der Waals surface area (Å²) in [6.45, 7) is 1.95. The number of fused-ring (bicyclic) bond motifs is 2. The maximum atomic E-state index is 12.4. The van der Waals surface area contributed by atoms with Gasteiger partial charge in [-0.2, -0.15) is 5.10 Å². The van der Waals surface area contributed by atoms with Crippen LogP contribution < -0.4 is 11.2 Å². The highest BCUT2D eigenvalue weighted by molar-refractivity contribution is 5.87. The van der Waals surface area contributed by atoms with Gasteiger partial charge in [-0.15, -0.1) is 0 Å². The van der Waals surface area contributed by atoms with Crippen LogP contribution in [0.3, 0.4) is 0 Å². The summed E-state index contributed by atoms with van der Waals surface area (Å²) in [6.07, 6.45) is 0.718. The number of nitrogens with zero attached hydrogens (tertiary/aromatic N) is 1. The highest BCUT2D eigenvalue weighted by Gasteiger charge is 2.13. The van der Waals surface area contributed by atoms with Gasteiger partial charge >= 0.3 is 11.6 Å². The van der Waals surface area contributed by atoms with Crippen LogP contribution in [0.25, 0.3) is 21.7 Å². The molecule has 0 fully saturated rings. The van der Waals surface area contributed by atoms with Gasteiger partial charge in [0.2, 0.25) is 0 Å². The van der Waals surface area contributed by atoms with Gasteiger partial charge in [0, 0.05) is 22.4 Å². The molecule has 2 aromatic carbocycles. The highest BCUT2D eigenvalue weighted by atomic mass is 16.5. The molecule has 1 N–H and O–H groups in total. The van der Waals surface area contributed by atoms with Crippen molar-refractivity contribution in [2.45, 2.75) is 26.4 Å². The topological polar surface area (TPSA) is 102 Å². The molecular formula is C22H18N2O5. The Hall–Kier alpha value is -3.74. The zero-order valence-electron chi connectivity index (χ0n) is 15.7. The smallest absolute Gasteiger partial charge is 0.336 e. The average molecular weight is 390 g/mol. The summed E-state index contributed by atoms with van der Waals surface area (Å²) < 4.78 is 10.6. The van der Waals surface area contributed by atoms with E-state index in [-0.39, 0.29) is 18.6 Å². The standard InChI is InChI=1S/C22H18N2O5/c1-2-13-7-8-15-14(10-21(26)29-19(15)9-13)12-28-20(25)11-18-16-5-3-4-6-17(16)22(27)24-23-18/h3-10H,2,11-12H2,1H3,(H,24,27). The predicted molar refractivity (Wildman–Crippen MR) is 108 cm³/mol. The van der Waals surface area contributed by atoms with Crippen molar-refractivity contribution in [2.75, 3.05) is 0 Å². The van der Waals surface area contributed by atoms with Crippen LogP contribution in [0.2, 0.25) is 0 Å². The largest absolute Gasteiger partial charge is 0.460 e. The highest BCUT2D eigenvalue weighted by Crippen LogP contribution is 2.20. The first-order valence-electron chi connectivity index (χ1n) is 9.22. The van der Waals surface area contributed by atoms with E-state index in [4.69, 9.17) is 9.15 Å². The fraction of sp³-hybridized carbons (Fsp3) is 0.182. The molecule has 0 bridgehead atoms. The molecule has 7 nitrogen and oxygen atoms in total. The molecule has 7 heteroatoms. The van der Waals surface area contributed by atoms with Crippen LogP contribution in [0.4, 0.5) is 0 Å². The number of rotatable bonds is 5. The zero-order valence-corrected chi connectivity index (χ0v) is 15.7.